The van der Waals surface area contributed by atoms with Crippen LogP contribution in [0.15, 0.2) is 24.3 Å². The van der Waals surface area contributed by atoms with Crippen LogP contribution in [-0.4, -0.2) is 18.6 Å². The maximum absolute atomic E-state index is 12.2. The molecule has 23 heavy (non-hydrogen) atoms. The van der Waals surface area contributed by atoms with Gasteiger partial charge in [-0.2, -0.15) is 0 Å². The van der Waals surface area contributed by atoms with Crippen molar-refractivity contribution in [3.05, 3.63) is 35.4 Å². The zero-order chi connectivity index (χ0) is 16.5. The third-order valence-electron chi connectivity index (χ3n) is 4.68. The first-order chi connectivity index (χ1) is 11.2. The zero-order valence-electron chi connectivity index (χ0n) is 14.2. The molecule has 0 radical (unpaired) electrons. The van der Waals surface area contributed by atoms with E-state index < -0.39 is 6.04 Å². The smallest absolute Gasteiger partial charge is 0.237 e. The number of ether oxygens (including phenoxy) is 1. The molecule has 0 aliphatic heterocycles. The number of hydrogen-bond donors (Lipinski definition) is 2. The van der Waals surface area contributed by atoms with Crippen molar-refractivity contribution in [3.63, 3.8) is 0 Å². The van der Waals surface area contributed by atoms with Gasteiger partial charge in [0.15, 0.2) is 0 Å². The van der Waals surface area contributed by atoms with E-state index in [1.54, 1.807) is 0 Å². The van der Waals surface area contributed by atoms with Crippen LogP contribution in [-0.2, 0) is 22.7 Å². The molecule has 4 nitrogen and oxygen atoms in total. The highest BCUT2D eigenvalue weighted by molar-refractivity contribution is 5.81. The summed E-state index contributed by atoms with van der Waals surface area (Å²) in [5.41, 5.74) is 8.31. The number of carbonyl (C=O) groups is 1. The molecular weight excluding hydrogens is 288 g/mol. The Morgan fingerprint density at radius 3 is 2.65 bits per heavy atom. The molecule has 1 amide bonds. The van der Waals surface area contributed by atoms with Crippen LogP contribution in [0.3, 0.4) is 0 Å². The van der Waals surface area contributed by atoms with Gasteiger partial charge in [0.05, 0.1) is 12.6 Å². The van der Waals surface area contributed by atoms with Crippen LogP contribution in [0, 0.1) is 5.92 Å². The lowest BCUT2D eigenvalue weighted by molar-refractivity contribution is -0.123. The van der Waals surface area contributed by atoms with Gasteiger partial charge in [0.25, 0.3) is 0 Å². The first-order valence-corrected chi connectivity index (χ1v) is 8.88. The first kappa shape index (κ1) is 18.0. The predicted octanol–water partition coefficient (Wildman–Crippen LogP) is 3.14. The maximum Gasteiger partial charge on any atom is 0.237 e. The van der Waals surface area contributed by atoms with Crippen LogP contribution in [0.4, 0.5) is 0 Å². The van der Waals surface area contributed by atoms with Crippen LogP contribution in [0.25, 0.3) is 0 Å². The molecule has 1 atom stereocenters. The molecule has 128 valence electrons. The summed E-state index contributed by atoms with van der Waals surface area (Å²) >= 11 is 0. The average molecular weight is 318 g/mol. The van der Waals surface area contributed by atoms with E-state index in [-0.39, 0.29) is 5.91 Å². The molecule has 0 spiro atoms. The van der Waals surface area contributed by atoms with Crippen LogP contribution in [0.2, 0.25) is 0 Å². The third kappa shape index (κ3) is 5.96. The summed E-state index contributed by atoms with van der Waals surface area (Å²) < 4.78 is 5.48. The van der Waals surface area contributed by atoms with E-state index in [1.807, 2.05) is 31.2 Å². The molecule has 0 saturated heterocycles. The lowest BCUT2D eigenvalue weighted by Gasteiger charge is -2.24. The van der Waals surface area contributed by atoms with E-state index in [0.717, 1.165) is 17.5 Å². The van der Waals surface area contributed by atoms with Crippen molar-refractivity contribution >= 4 is 5.91 Å². The monoisotopic (exact) mass is 318 g/mol. The highest BCUT2D eigenvalue weighted by atomic mass is 16.5. The molecule has 4 heteroatoms. The van der Waals surface area contributed by atoms with E-state index in [0.29, 0.717) is 25.7 Å². The van der Waals surface area contributed by atoms with Crippen LogP contribution < -0.4 is 11.1 Å². The lowest BCUT2D eigenvalue weighted by atomic mass is 9.85. The third-order valence-corrected chi connectivity index (χ3v) is 4.68. The molecule has 1 aromatic carbocycles. The molecule has 0 aromatic heterocycles. The summed E-state index contributed by atoms with van der Waals surface area (Å²) in [5, 5.41) is 2.99. The normalized spacial score (nSPS) is 17.0. The van der Waals surface area contributed by atoms with Crippen LogP contribution in [0.1, 0.15) is 56.6 Å². The molecule has 1 aromatic rings. The molecule has 0 heterocycles. The number of nitrogens with two attached hydrogens (primary N) is 1. The van der Waals surface area contributed by atoms with Crippen molar-refractivity contribution in [2.75, 3.05) is 6.61 Å². The van der Waals surface area contributed by atoms with Crippen molar-refractivity contribution in [2.45, 2.75) is 64.6 Å². The van der Waals surface area contributed by atoms with Gasteiger partial charge in [-0.15, -0.1) is 0 Å². The molecule has 2 rings (SSSR count). The molecule has 1 unspecified atom stereocenters. The van der Waals surface area contributed by atoms with Gasteiger partial charge in [-0.1, -0.05) is 56.4 Å². The summed E-state index contributed by atoms with van der Waals surface area (Å²) in [6, 6.07) is 7.66. The minimum absolute atomic E-state index is 0.0400. The van der Waals surface area contributed by atoms with E-state index in [1.165, 1.54) is 32.1 Å². The average Bonchev–Trinajstić information content (AvgIpc) is 2.59. The quantitative estimate of drug-likeness (QED) is 0.774. The van der Waals surface area contributed by atoms with Crippen molar-refractivity contribution < 1.29 is 9.53 Å². The second kappa shape index (κ2) is 9.68. The summed E-state index contributed by atoms with van der Waals surface area (Å²) in [4.78, 5) is 12.2. The van der Waals surface area contributed by atoms with Gasteiger partial charge >= 0.3 is 0 Å². The molecule has 0 bridgehead atoms. The fraction of sp³-hybridized carbons (Fsp3) is 0.632. The van der Waals surface area contributed by atoms with Gasteiger partial charge < -0.3 is 15.8 Å². The number of carbonyl (C=O) groups excluding carboxylic acids is 1. The van der Waals surface area contributed by atoms with E-state index in [4.69, 9.17) is 10.5 Å². The molecule has 1 aliphatic carbocycles. The van der Waals surface area contributed by atoms with Gasteiger partial charge in [0.2, 0.25) is 5.91 Å². The fourth-order valence-corrected chi connectivity index (χ4v) is 3.29. The van der Waals surface area contributed by atoms with Gasteiger partial charge in [-0.05, 0) is 30.4 Å². The maximum atomic E-state index is 12.2. The number of rotatable bonds is 8. The van der Waals surface area contributed by atoms with Gasteiger partial charge in [0.1, 0.15) is 0 Å². The largest absolute Gasteiger partial charge is 0.377 e. The standard InChI is InChI=1S/C19H30N2O2/c1-2-23-14-17-11-7-6-10-16(17)13-21-19(22)18(20)12-15-8-4-3-5-9-15/h6-7,10-11,15,18H,2-5,8-9,12-14,20H2,1H3,(H,21,22). The highest BCUT2D eigenvalue weighted by Gasteiger charge is 2.21. The fourth-order valence-electron chi connectivity index (χ4n) is 3.29. The molecule has 1 fully saturated rings. The van der Waals surface area contributed by atoms with Crippen LogP contribution in [0.5, 0.6) is 0 Å². The number of benzene rings is 1. The van der Waals surface area contributed by atoms with Crippen molar-refractivity contribution in [3.8, 4) is 0 Å². The van der Waals surface area contributed by atoms with E-state index in [9.17, 15) is 4.79 Å². The van der Waals surface area contributed by atoms with Gasteiger partial charge in [-0.3, -0.25) is 4.79 Å². The summed E-state index contributed by atoms with van der Waals surface area (Å²) in [6.45, 7) is 3.76. The van der Waals surface area contributed by atoms with Crippen LogP contribution >= 0.6 is 0 Å². The Balaban J connectivity index is 1.81. The summed E-state index contributed by atoms with van der Waals surface area (Å²) in [7, 11) is 0. The minimum atomic E-state index is -0.392. The predicted molar refractivity (Wildman–Crippen MR) is 92.8 cm³/mol. The minimum Gasteiger partial charge on any atom is -0.377 e. The zero-order valence-corrected chi connectivity index (χ0v) is 14.2. The SMILES string of the molecule is CCOCc1ccccc1CNC(=O)C(N)CC1CCCCC1. The second-order valence-electron chi connectivity index (χ2n) is 6.47. The van der Waals surface area contributed by atoms with Gasteiger partial charge in [0, 0.05) is 13.2 Å². The van der Waals surface area contributed by atoms with Crippen molar-refractivity contribution in [1.82, 2.24) is 5.32 Å². The number of hydrogen-bond acceptors (Lipinski definition) is 3. The number of nitrogens with one attached hydrogen (secondary N) is 1. The Hall–Kier alpha value is -1.39. The Bertz CT molecular complexity index is 484. The first-order valence-electron chi connectivity index (χ1n) is 8.88. The van der Waals surface area contributed by atoms with E-state index >= 15 is 0 Å². The lowest BCUT2D eigenvalue weighted by Crippen LogP contribution is -2.41. The van der Waals surface area contributed by atoms with E-state index in [2.05, 4.69) is 5.32 Å². The Labute approximate surface area is 139 Å². The molecular formula is C19H30N2O2. The highest BCUT2D eigenvalue weighted by Crippen LogP contribution is 2.26. The molecule has 3 N–H and O–H groups in total. The Morgan fingerprint density at radius 1 is 1.26 bits per heavy atom. The topological polar surface area (TPSA) is 64.3 Å². The molecule has 1 saturated carbocycles. The Morgan fingerprint density at radius 2 is 1.96 bits per heavy atom. The van der Waals surface area contributed by atoms with Crippen molar-refractivity contribution in [2.24, 2.45) is 11.7 Å². The summed E-state index contributed by atoms with van der Waals surface area (Å²) in [6.07, 6.45) is 7.14. The number of amides is 1. The van der Waals surface area contributed by atoms with Crippen molar-refractivity contribution in [1.29, 1.82) is 0 Å². The summed E-state index contributed by atoms with van der Waals surface area (Å²) in [5.74, 6) is 0.580. The molecule has 1 aliphatic rings. The van der Waals surface area contributed by atoms with Gasteiger partial charge in [-0.25, -0.2) is 0 Å². The Kier molecular flexibility index (Phi) is 7.56. The second-order valence-corrected chi connectivity index (χ2v) is 6.47.